The average Bonchev–Trinajstić information content (AvgIpc) is 2.90. The van der Waals surface area contributed by atoms with Gasteiger partial charge >= 0.3 is 0 Å². The van der Waals surface area contributed by atoms with E-state index in [0.29, 0.717) is 22.9 Å². The van der Waals surface area contributed by atoms with Crippen molar-refractivity contribution in [1.82, 2.24) is 5.32 Å². The van der Waals surface area contributed by atoms with E-state index >= 15 is 0 Å². The number of nitrogens with one attached hydrogen (secondary N) is 1. The predicted octanol–water partition coefficient (Wildman–Crippen LogP) is 3.16. The van der Waals surface area contributed by atoms with Gasteiger partial charge in [0, 0.05) is 0 Å². The number of benzene rings is 3. The maximum atomic E-state index is 13.5. The first-order valence-electron chi connectivity index (χ1n) is 11.3. The molecule has 1 unspecified atom stereocenters. The summed E-state index contributed by atoms with van der Waals surface area (Å²) < 4.78 is 50.1. The minimum absolute atomic E-state index is 0.0868. The van der Waals surface area contributed by atoms with Crippen LogP contribution in [-0.4, -0.2) is 54.3 Å². The molecule has 0 aromatic heterocycles. The van der Waals surface area contributed by atoms with Crippen molar-refractivity contribution in [3.8, 4) is 23.0 Å². The highest BCUT2D eigenvalue weighted by atomic mass is 32.2. The first kappa shape index (κ1) is 25.2. The third-order valence-electron chi connectivity index (χ3n) is 5.65. The lowest BCUT2D eigenvalue weighted by atomic mass is 10.1. The number of anilines is 1. The molecule has 1 heterocycles. The molecule has 0 fully saturated rings. The Balaban J connectivity index is 1.47. The van der Waals surface area contributed by atoms with E-state index in [-0.39, 0.29) is 24.6 Å². The number of rotatable bonds is 9. The molecule has 190 valence electrons. The van der Waals surface area contributed by atoms with E-state index in [1.54, 1.807) is 61.7 Å². The van der Waals surface area contributed by atoms with Crippen LogP contribution in [0.5, 0.6) is 23.0 Å². The molecule has 0 saturated carbocycles. The molecule has 1 atom stereocenters. The normalized spacial score (nSPS) is 14.9. The molecule has 0 spiro atoms. The molecule has 4 rings (SSSR count). The van der Waals surface area contributed by atoms with E-state index < -0.39 is 22.0 Å². The lowest BCUT2D eigenvalue weighted by Crippen LogP contribution is -2.51. The van der Waals surface area contributed by atoms with Crippen molar-refractivity contribution in [2.24, 2.45) is 0 Å². The van der Waals surface area contributed by atoms with E-state index in [9.17, 15) is 13.2 Å². The maximum absolute atomic E-state index is 13.5. The van der Waals surface area contributed by atoms with Crippen LogP contribution in [0.25, 0.3) is 0 Å². The molecule has 9 nitrogen and oxygen atoms in total. The van der Waals surface area contributed by atoms with Crippen LogP contribution in [0.1, 0.15) is 5.56 Å². The Kier molecular flexibility index (Phi) is 7.54. The minimum atomic E-state index is -3.96. The van der Waals surface area contributed by atoms with Crippen molar-refractivity contribution in [2.75, 3.05) is 38.2 Å². The van der Waals surface area contributed by atoms with E-state index in [1.807, 2.05) is 6.92 Å². The lowest BCUT2D eigenvalue weighted by molar-refractivity contribution is -0.127. The topological polar surface area (TPSA) is 103 Å². The molecule has 36 heavy (non-hydrogen) atoms. The van der Waals surface area contributed by atoms with Crippen molar-refractivity contribution in [1.29, 1.82) is 0 Å². The van der Waals surface area contributed by atoms with E-state index in [2.05, 4.69) is 5.32 Å². The van der Waals surface area contributed by atoms with Gasteiger partial charge in [0.05, 0.1) is 37.9 Å². The van der Waals surface area contributed by atoms with E-state index in [1.165, 1.54) is 23.5 Å². The zero-order valence-electron chi connectivity index (χ0n) is 20.3. The van der Waals surface area contributed by atoms with Gasteiger partial charge in [-0.1, -0.05) is 6.07 Å². The highest BCUT2D eigenvalue weighted by molar-refractivity contribution is 7.92. The van der Waals surface area contributed by atoms with E-state index in [0.717, 1.165) is 11.3 Å². The Morgan fingerprint density at radius 3 is 2.22 bits per heavy atom. The average molecular weight is 513 g/mol. The highest BCUT2D eigenvalue weighted by Gasteiger charge is 2.37. The van der Waals surface area contributed by atoms with Gasteiger partial charge in [0.25, 0.3) is 15.9 Å². The van der Waals surface area contributed by atoms with Gasteiger partial charge in [-0.05, 0) is 73.2 Å². The van der Waals surface area contributed by atoms with Crippen molar-refractivity contribution in [2.45, 2.75) is 17.9 Å². The summed E-state index contributed by atoms with van der Waals surface area (Å²) in [6, 6.07) is 18.4. The second kappa shape index (κ2) is 10.8. The second-order valence-corrected chi connectivity index (χ2v) is 9.97. The van der Waals surface area contributed by atoms with Gasteiger partial charge in [-0.15, -0.1) is 0 Å². The van der Waals surface area contributed by atoms with Crippen molar-refractivity contribution in [3.05, 3.63) is 72.3 Å². The molecule has 0 radical (unpaired) electrons. The smallest absolute Gasteiger partial charge is 0.264 e. The number of fused-ring (bicyclic) bond motifs is 1. The molecule has 1 aliphatic heterocycles. The summed E-state index contributed by atoms with van der Waals surface area (Å²) >= 11 is 0. The molecule has 1 amide bonds. The number of sulfonamides is 1. The molecular formula is C26H28N2O7S. The fourth-order valence-electron chi connectivity index (χ4n) is 3.73. The Morgan fingerprint density at radius 1 is 0.972 bits per heavy atom. The molecular weight excluding hydrogens is 484 g/mol. The van der Waals surface area contributed by atoms with Gasteiger partial charge in [-0.25, -0.2) is 8.42 Å². The molecule has 3 aromatic carbocycles. The number of carbonyl (C=O) groups is 1. The lowest BCUT2D eigenvalue weighted by Gasteiger charge is -2.35. The molecule has 0 aliphatic carbocycles. The summed E-state index contributed by atoms with van der Waals surface area (Å²) in [4.78, 5) is 13.0. The number of hydrogen-bond acceptors (Lipinski definition) is 7. The van der Waals surface area contributed by atoms with Gasteiger partial charge in [0.15, 0.2) is 6.10 Å². The number of aryl methyl sites for hydroxylation is 1. The van der Waals surface area contributed by atoms with Gasteiger partial charge in [-0.3, -0.25) is 9.10 Å². The van der Waals surface area contributed by atoms with Crippen LogP contribution in [0.15, 0.2) is 71.6 Å². The SMILES string of the molecule is COc1ccc(OCCNC(=O)C2CN(S(=O)(=O)c3ccc(OC)cc3)c3ccc(C)cc3O2)cc1. The van der Waals surface area contributed by atoms with Crippen LogP contribution in [-0.2, 0) is 14.8 Å². The van der Waals surface area contributed by atoms with Crippen molar-refractivity contribution in [3.63, 3.8) is 0 Å². The van der Waals surface area contributed by atoms with Gasteiger partial charge < -0.3 is 24.3 Å². The number of hydrogen-bond donors (Lipinski definition) is 1. The number of methoxy groups -OCH3 is 2. The molecule has 3 aromatic rings. The molecule has 0 saturated heterocycles. The molecule has 10 heteroatoms. The van der Waals surface area contributed by atoms with Crippen LogP contribution < -0.4 is 28.6 Å². The number of carbonyl (C=O) groups excluding carboxylic acids is 1. The Morgan fingerprint density at radius 2 is 1.58 bits per heavy atom. The van der Waals surface area contributed by atoms with Crippen LogP contribution in [0.2, 0.25) is 0 Å². The van der Waals surface area contributed by atoms with Gasteiger partial charge in [0.2, 0.25) is 0 Å². The van der Waals surface area contributed by atoms with Crippen LogP contribution in [0.3, 0.4) is 0 Å². The monoisotopic (exact) mass is 512 g/mol. The number of amides is 1. The first-order valence-corrected chi connectivity index (χ1v) is 12.7. The summed E-state index contributed by atoms with van der Waals surface area (Å²) in [5, 5.41) is 2.77. The summed E-state index contributed by atoms with van der Waals surface area (Å²) in [6.45, 7) is 2.15. The standard InChI is InChI=1S/C26H28N2O7S/c1-18-4-13-23-24(16-18)35-25(17-28(23)36(30,31)22-11-9-20(33-3)10-12-22)26(29)27-14-15-34-21-7-5-19(32-2)6-8-21/h4-13,16,25H,14-15,17H2,1-3H3,(H,27,29). The summed E-state index contributed by atoms with van der Waals surface area (Å²) in [5.74, 6) is 1.79. The highest BCUT2D eigenvalue weighted by Crippen LogP contribution is 2.38. The summed E-state index contributed by atoms with van der Waals surface area (Å²) in [5.41, 5.74) is 1.26. The van der Waals surface area contributed by atoms with Crippen LogP contribution >= 0.6 is 0 Å². The number of nitrogens with zero attached hydrogens (tertiary/aromatic N) is 1. The minimum Gasteiger partial charge on any atom is -0.497 e. The zero-order chi connectivity index (χ0) is 25.7. The zero-order valence-corrected chi connectivity index (χ0v) is 21.1. The summed E-state index contributed by atoms with van der Waals surface area (Å²) in [6.07, 6.45) is -1.03. The molecule has 1 N–H and O–H groups in total. The fraction of sp³-hybridized carbons (Fsp3) is 0.269. The largest absolute Gasteiger partial charge is 0.497 e. The van der Waals surface area contributed by atoms with Crippen LogP contribution in [0, 0.1) is 6.92 Å². The van der Waals surface area contributed by atoms with E-state index in [4.69, 9.17) is 18.9 Å². The Hall–Kier alpha value is -3.92. The third kappa shape index (κ3) is 5.49. The van der Waals surface area contributed by atoms with Gasteiger partial charge in [-0.2, -0.15) is 0 Å². The van der Waals surface area contributed by atoms with Crippen molar-refractivity contribution >= 4 is 21.6 Å². The van der Waals surface area contributed by atoms with Gasteiger partial charge in [0.1, 0.15) is 29.6 Å². The quantitative estimate of drug-likeness (QED) is 0.439. The molecule has 0 bridgehead atoms. The Labute approximate surface area is 210 Å². The number of ether oxygens (including phenoxy) is 4. The second-order valence-electron chi connectivity index (χ2n) is 8.10. The van der Waals surface area contributed by atoms with Crippen molar-refractivity contribution < 1.29 is 32.2 Å². The Bertz CT molecular complexity index is 1310. The molecule has 1 aliphatic rings. The maximum Gasteiger partial charge on any atom is 0.264 e. The van der Waals surface area contributed by atoms with Crippen LogP contribution in [0.4, 0.5) is 5.69 Å². The third-order valence-corrected chi connectivity index (χ3v) is 7.45. The summed E-state index contributed by atoms with van der Waals surface area (Å²) in [7, 11) is -0.869. The fourth-order valence-corrected chi connectivity index (χ4v) is 5.21. The first-order chi connectivity index (χ1) is 17.3. The predicted molar refractivity (Wildman–Crippen MR) is 135 cm³/mol.